The summed E-state index contributed by atoms with van der Waals surface area (Å²) in [6, 6.07) is 3.55. The third-order valence-corrected chi connectivity index (χ3v) is 2.06. The van der Waals surface area contributed by atoms with Gasteiger partial charge in [0.15, 0.2) is 5.69 Å². The topological polar surface area (TPSA) is 72.7 Å². The third kappa shape index (κ3) is 2.47. The smallest absolute Gasteiger partial charge is 0.272 e. The summed E-state index contributed by atoms with van der Waals surface area (Å²) >= 11 is 0. The van der Waals surface area contributed by atoms with Gasteiger partial charge in [0.1, 0.15) is 5.69 Å². The molecule has 0 unspecified atom stereocenters. The maximum atomic E-state index is 11.9. The molecule has 2 aromatic rings. The SMILES string of the molecule is CC(C)NC(=O)c1ncccc1-n1nccn1. The predicted octanol–water partition coefficient (Wildman–Crippen LogP) is 0.800. The minimum atomic E-state index is -0.229. The molecule has 0 atom stereocenters. The standard InChI is InChI=1S/C11H13N5O/c1-8(2)15-11(17)10-9(4-3-5-12-10)16-13-6-7-14-16/h3-8H,1-2H3,(H,15,17). The summed E-state index contributed by atoms with van der Waals surface area (Å²) in [6.07, 6.45) is 4.68. The Bertz CT molecular complexity index is 506. The molecule has 6 heteroatoms. The molecule has 1 N–H and O–H groups in total. The Morgan fingerprint density at radius 3 is 2.65 bits per heavy atom. The maximum Gasteiger partial charge on any atom is 0.272 e. The van der Waals surface area contributed by atoms with E-state index in [9.17, 15) is 4.79 Å². The van der Waals surface area contributed by atoms with Crippen molar-refractivity contribution in [2.75, 3.05) is 0 Å². The van der Waals surface area contributed by atoms with Crippen LogP contribution >= 0.6 is 0 Å². The highest BCUT2D eigenvalue weighted by Crippen LogP contribution is 2.09. The fourth-order valence-electron chi connectivity index (χ4n) is 1.40. The van der Waals surface area contributed by atoms with E-state index in [2.05, 4.69) is 20.5 Å². The molecule has 0 aromatic carbocycles. The van der Waals surface area contributed by atoms with Crippen LogP contribution in [0, 0.1) is 0 Å². The van der Waals surface area contributed by atoms with E-state index in [1.54, 1.807) is 30.7 Å². The molecule has 0 saturated carbocycles. The molecule has 0 radical (unpaired) electrons. The Hall–Kier alpha value is -2.24. The Balaban J connectivity index is 2.38. The molecule has 0 aliphatic carbocycles. The molecule has 2 aromatic heterocycles. The van der Waals surface area contributed by atoms with Gasteiger partial charge in [0.05, 0.1) is 12.4 Å². The number of nitrogens with one attached hydrogen (secondary N) is 1. The first-order valence-corrected chi connectivity index (χ1v) is 5.31. The lowest BCUT2D eigenvalue weighted by atomic mass is 10.2. The molecule has 2 rings (SSSR count). The Labute approximate surface area is 98.7 Å². The molecule has 2 heterocycles. The molecule has 0 saturated heterocycles. The van der Waals surface area contributed by atoms with Crippen LogP contribution in [-0.4, -0.2) is 31.9 Å². The molecule has 0 bridgehead atoms. The number of aromatic nitrogens is 4. The minimum absolute atomic E-state index is 0.0583. The van der Waals surface area contributed by atoms with Crippen molar-refractivity contribution in [3.8, 4) is 5.69 Å². The lowest BCUT2D eigenvalue weighted by molar-refractivity contribution is 0.0937. The fraction of sp³-hybridized carbons (Fsp3) is 0.273. The lowest BCUT2D eigenvalue weighted by Gasteiger charge is -2.10. The van der Waals surface area contributed by atoms with Gasteiger partial charge in [-0.25, -0.2) is 4.98 Å². The highest BCUT2D eigenvalue weighted by Gasteiger charge is 2.15. The first-order valence-electron chi connectivity index (χ1n) is 5.31. The number of hydrogen-bond acceptors (Lipinski definition) is 4. The van der Waals surface area contributed by atoms with Crippen molar-refractivity contribution in [1.29, 1.82) is 0 Å². The summed E-state index contributed by atoms with van der Waals surface area (Å²) in [5.41, 5.74) is 0.882. The van der Waals surface area contributed by atoms with Crippen LogP contribution in [0.1, 0.15) is 24.3 Å². The number of carbonyl (C=O) groups excluding carboxylic acids is 1. The van der Waals surface area contributed by atoms with Gasteiger partial charge in [0, 0.05) is 12.2 Å². The number of hydrogen-bond donors (Lipinski definition) is 1. The van der Waals surface area contributed by atoms with Gasteiger partial charge < -0.3 is 5.32 Å². The van der Waals surface area contributed by atoms with Crippen molar-refractivity contribution in [3.63, 3.8) is 0 Å². The van der Waals surface area contributed by atoms with Crippen molar-refractivity contribution >= 4 is 5.91 Å². The van der Waals surface area contributed by atoms with Crippen molar-refractivity contribution in [2.24, 2.45) is 0 Å². The molecule has 0 spiro atoms. The summed E-state index contributed by atoms with van der Waals surface area (Å²) < 4.78 is 0. The minimum Gasteiger partial charge on any atom is -0.348 e. The molecule has 0 aliphatic rings. The summed E-state index contributed by atoms with van der Waals surface area (Å²) in [4.78, 5) is 17.4. The average molecular weight is 231 g/mol. The van der Waals surface area contributed by atoms with Crippen molar-refractivity contribution in [2.45, 2.75) is 19.9 Å². The zero-order valence-electron chi connectivity index (χ0n) is 9.66. The van der Waals surface area contributed by atoms with E-state index in [0.717, 1.165) is 0 Å². The van der Waals surface area contributed by atoms with Crippen molar-refractivity contribution < 1.29 is 4.79 Å². The molecule has 0 fully saturated rings. The lowest BCUT2D eigenvalue weighted by Crippen LogP contribution is -2.31. The molecule has 88 valence electrons. The van der Waals surface area contributed by atoms with Gasteiger partial charge in [-0.15, -0.1) is 4.80 Å². The van der Waals surface area contributed by atoms with Crippen LogP contribution in [0.3, 0.4) is 0 Å². The number of nitrogens with zero attached hydrogens (tertiary/aromatic N) is 4. The van der Waals surface area contributed by atoms with E-state index < -0.39 is 0 Å². The number of amides is 1. The monoisotopic (exact) mass is 231 g/mol. The van der Waals surface area contributed by atoms with E-state index >= 15 is 0 Å². The van der Waals surface area contributed by atoms with E-state index in [0.29, 0.717) is 11.4 Å². The highest BCUT2D eigenvalue weighted by atomic mass is 16.2. The first kappa shape index (κ1) is 11.3. The second-order valence-corrected chi connectivity index (χ2v) is 3.82. The van der Waals surface area contributed by atoms with Gasteiger partial charge in [-0.3, -0.25) is 4.79 Å². The Kier molecular flexibility index (Phi) is 3.13. The second kappa shape index (κ2) is 4.73. The van der Waals surface area contributed by atoms with Crippen LogP contribution in [-0.2, 0) is 0 Å². The van der Waals surface area contributed by atoms with Crippen LogP contribution in [0.25, 0.3) is 5.69 Å². The average Bonchev–Trinajstić information content (AvgIpc) is 2.81. The van der Waals surface area contributed by atoms with Gasteiger partial charge in [0.25, 0.3) is 5.91 Å². The number of carbonyl (C=O) groups is 1. The van der Waals surface area contributed by atoms with E-state index in [4.69, 9.17) is 0 Å². The molecule has 1 amide bonds. The van der Waals surface area contributed by atoms with Gasteiger partial charge in [0.2, 0.25) is 0 Å². The summed E-state index contributed by atoms with van der Waals surface area (Å²) in [5.74, 6) is -0.229. The summed E-state index contributed by atoms with van der Waals surface area (Å²) in [6.45, 7) is 3.79. The van der Waals surface area contributed by atoms with Crippen LogP contribution in [0.5, 0.6) is 0 Å². The third-order valence-electron chi connectivity index (χ3n) is 2.06. The predicted molar refractivity (Wildman–Crippen MR) is 61.8 cm³/mol. The van der Waals surface area contributed by atoms with Crippen molar-refractivity contribution in [1.82, 2.24) is 25.3 Å². The molecule has 6 nitrogen and oxygen atoms in total. The first-order chi connectivity index (χ1) is 8.18. The van der Waals surface area contributed by atoms with Gasteiger partial charge in [-0.05, 0) is 26.0 Å². The van der Waals surface area contributed by atoms with E-state index in [1.807, 2.05) is 13.8 Å². The normalized spacial score (nSPS) is 10.5. The maximum absolute atomic E-state index is 11.9. The Morgan fingerprint density at radius 1 is 1.29 bits per heavy atom. The summed E-state index contributed by atoms with van der Waals surface area (Å²) in [7, 11) is 0. The van der Waals surface area contributed by atoms with Crippen LogP contribution < -0.4 is 5.32 Å². The number of rotatable bonds is 3. The molecular weight excluding hydrogens is 218 g/mol. The highest BCUT2D eigenvalue weighted by molar-refractivity contribution is 5.95. The quantitative estimate of drug-likeness (QED) is 0.848. The molecule has 0 aliphatic heterocycles. The summed E-state index contributed by atoms with van der Waals surface area (Å²) in [5, 5.41) is 10.8. The molecule has 17 heavy (non-hydrogen) atoms. The number of pyridine rings is 1. The molecular formula is C11H13N5O. The Morgan fingerprint density at radius 2 is 2.00 bits per heavy atom. The van der Waals surface area contributed by atoms with Crippen LogP contribution in [0.2, 0.25) is 0 Å². The van der Waals surface area contributed by atoms with E-state index in [1.165, 1.54) is 4.80 Å². The fourth-order valence-corrected chi connectivity index (χ4v) is 1.40. The van der Waals surface area contributed by atoms with Crippen molar-refractivity contribution in [3.05, 3.63) is 36.4 Å². The van der Waals surface area contributed by atoms with Gasteiger partial charge in [-0.2, -0.15) is 10.2 Å². The van der Waals surface area contributed by atoms with Crippen LogP contribution in [0.15, 0.2) is 30.7 Å². The van der Waals surface area contributed by atoms with Crippen LogP contribution in [0.4, 0.5) is 0 Å². The second-order valence-electron chi connectivity index (χ2n) is 3.82. The zero-order valence-corrected chi connectivity index (χ0v) is 9.66. The largest absolute Gasteiger partial charge is 0.348 e. The zero-order chi connectivity index (χ0) is 12.3. The van der Waals surface area contributed by atoms with Gasteiger partial charge in [-0.1, -0.05) is 0 Å². The van der Waals surface area contributed by atoms with E-state index in [-0.39, 0.29) is 11.9 Å². The van der Waals surface area contributed by atoms with Gasteiger partial charge >= 0.3 is 0 Å².